The van der Waals surface area contributed by atoms with Crippen LogP contribution in [0.2, 0.25) is 0 Å². The fourth-order valence-corrected chi connectivity index (χ4v) is 3.27. The first-order chi connectivity index (χ1) is 12.7. The van der Waals surface area contributed by atoms with E-state index in [1.54, 1.807) is 0 Å². The van der Waals surface area contributed by atoms with Crippen molar-refractivity contribution in [1.82, 2.24) is 15.3 Å². The van der Waals surface area contributed by atoms with Gasteiger partial charge in [0, 0.05) is 37.3 Å². The molecule has 0 unspecified atom stereocenters. The van der Waals surface area contributed by atoms with Crippen molar-refractivity contribution in [2.24, 2.45) is 5.92 Å². The second-order valence-corrected chi connectivity index (χ2v) is 7.01. The second-order valence-electron chi connectivity index (χ2n) is 7.01. The number of aryl methyl sites for hydroxylation is 1. The van der Waals surface area contributed by atoms with Gasteiger partial charge in [0.1, 0.15) is 5.82 Å². The van der Waals surface area contributed by atoms with Crippen molar-refractivity contribution in [3.05, 3.63) is 42.1 Å². The van der Waals surface area contributed by atoms with E-state index >= 15 is 0 Å². The van der Waals surface area contributed by atoms with Crippen molar-refractivity contribution in [3.63, 3.8) is 0 Å². The van der Waals surface area contributed by atoms with Gasteiger partial charge in [-0.05, 0) is 32.3 Å². The van der Waals surface area contributed by atoms with Gasteiger partial charge in [-0.25, -0.2) is 9.97 Å². The van der Waals surface area contributed by atoms with E-state index in [4.69, 9.17) is 4.98 Å². The minimum absolute atomic E-state index is 0.126. The summed E-state index contributed by atoms with van der Waals surface area (Å²) in [6.07, 6.45) is 5.73. The molecule has 1 fully saturated rings. The van der Waals surface area contributed by atoms with Crippen molar-refractivity contribution in [3.8, 4) is 11.4 Å². The molecule has 1 aliphatic rings. The Hall–Kier alpha value is -2.43. The zero-order valence-electron chi connectivity index (χ0n) is 15.7. The monoisotopic (exact) mass is 352 g/mol. The molecule has 5 heteroatoms. The Morgan fingerprint density at radius 1 is 1.19 bits per heavy atom. The lowest BCUT2D eigenvalue weighted by atomic mass is 9.96. The zero-order valence-corrected chi connectivity index (χ0v) is 15.7. The maximum atomic E-state index is 12.2. The average molecular weight is 352 g/mol. The molecule has 26 heavy (non-hydrogen) atoms. The Kier molecular flexibility index (Phi) is 6.21. The lowest BCUT2D eigenvalue weighted by Gasteiger charge is -2.32. The van der Waals surface area contributed by atoms with E-state index in [0.717, 1.165) is 62.5 Å². The number of piperidine rings is 1. The van der Waals surface area contributed by atoms with Gasteiger partial charge < -0.3 is 10.2 Å². The number of hydrogen-bond acceptors (Lipinski definition) is 4. The van der Waals surface area contributed by atoms with E-state index in [9.17, 15) is 4.79 Å². The molecule has 138 valence electrons. The fraction of sp³-hybridized carbons (Fsp3) is 0.476. The van der Waals surface area contributed by atoms with Crippen LogP contribution in [0.4, 0.5) is 5.82 Å². The Labute approximate surface area is 155 Å². The van der Waals surface area contributed by atoms with Gasteiger partial charge in [-0.2, -0.15) is 0 Å². The van der Waals surface area contributed by atoms with Crippen LogP contribution in [0.25, 0.3) is 11.4 Å². The van der Waals surface area contributed by atoms with Gasteiger partial charge in [0.2, 0.25) is 5.91 Å². The molecule has 1 aromatic carbocycles. The molecule has 5 nitrogen and oxygen atoms in total. The molecule has 0 spiro atoms. The highest BCUT2D eigenvalue weighted by Gasteiger charge is 2.25. The molecule has 1 aliphatic heterocycles. The third-order valence-corrected chi connectivity index (χ3v) is 4.97. The maximum Gasteiger partial charge on any atom is 0.223 e. The normalized spacial score (nSPS) is 15.1. The van der Waals surface area contributed by atoms with Crippen molar-refractivity contribution >= 4 is 11.7 Å². The summed E-state index contributed by atoms with van der Waals surface area (Å²) in [5, 5.41) is 3.06. The summed E-state index contributed by atoms with van der Waals surface area (Å²) in [4.78, 5) is 23.6. The number of rotatable bonds is 6. The van der Waals surface area contributed by atoms with Gasteiger partial charge in [-0.1, -0.05) is 43.2 Å². The summed E-state index contributed by atoms with van der Waals surface area (Å²) in [7, 11) is 0. The van der Waals surface area contributed by atoms with E-state index in [-0.39, 0.29) is 11.8 Å². The highest BCUT2D eigenvalue weighted by Crippen LogP contribution is 2.24. The van der Waals surface area contributed by atoms with Crippen LogP contribution in [-0.4, -0.2) is 35.5 Å². The SMILES string of the molecule is CCCCNC(=O)C1CCN(c2ccnc(-c3ccc(C)cc3)n2)CC1. The van der Waals surface area contributed by atoms with E-state index in [2.05, 4.69) is 53.3 Å². The lowest BCUT2D eigenvalue weighted by Crippen LogP contribution is -2.41. The molecule has 0 radical (unpaired) electrons. The molecular weight excluding hydrogens is 324 g/mol. The molecule has 2 heterocycles. The van der Waals surface area contributed by atoms with E-state index < -0.39 is 0 Å². The van der Waals surface area contributed by atoms with Gasteiger partial charge >= 0.3 is 0 Å². The molecule has 1 saturated heterocycles. The minimum atomic E-state index is 0.126. The molecule has 0 atom stereocenters. The first-order valence-electron chi connectivity index (χ1n) is 9.60. The van der Waals surface area contributed by atoms with Gasteiger partial charge in [0.05, 0.1) is 0 Å². The number of nitrogens with zero attached hydrogens (tertiary/aromatic N) is 3. The lowest BCUT2D eigenvalue weighted by molar-refractivity contribution is -0.125. The van der Waals surface area contributed by atoms with Crippen LogP contribution in [0, 0.1) is 12.8 Å². The molecule has 1 aromatic heterocycles. The third-order valence-electron chi connectivity index (χ3n) is 4.97. The van der Waals surface area contributed by atoms with Crippen LogP contribution in [-0.2, 0) is 4.79 Å². The summed E-state index contributed by atoms with van der Waals surface area (Å²) in [5.41, 5.74) is 2.26. The highest BCUT2D eigenvalue weighted by molar-refractivity contribution is 5.78. The van der Waals surface area contributed by atoms with Crippen molar-refractivity contribution in [2.45, 2.75) is 39.5 Å². The van der Waals surface area contributed by atoms with Crippen LogP contribution in [0.15, 0.2) is 36.5 Å². The number of amides is 1. The van der Waals surface area contributed by atoms with Crippen LogP contribution in [0.5, 0.6) is 0 Å². The van der Waals surface area contributed by atoms with Crippen LogP contribution < -0.4 is 10.2 Å². The first kappa shape index (κ1) is 18.4. The molecule has 1 amide bonds. The Balaban J connectivity index is 1.60. The number of anilines is 1. The smallest absolute Gasteiger partial charge is 0.223 e. The summed E-state index contributed by atoms with van der Waals surface area (Å²) < 4.78 is 0. The molecular formula is C21H28N4O. The largest absolute Gasteiger partial charge is 0.356 e. The number of aromatic nitrogens is 2. The standard InChI is InChI=1S/C21H28N4O/c1-3-4-12-23-21(26)18-10-14-25(15-11-18)19-9-13-22-20(24-19)17-7-5-16(2)6-8-17/h5-9,13,18H,3-4,10-12,14-15H2,1-2H3,(H,23,26). The number of benzene rings is 1. The molecule has 0 saturated carbocycles. The highest BCUT2D eigenvalue weighted by atomic mass is 16.1. The van der Waals surface area contributed by atoms with Gasteiger partial charge in [-0.15, -0.1) is 0 Å². The average Bonchev–Trinajstić information content (AvgIpc) is 2.69. The Morgan fingerprint density at radius 3 is 2.62 bits per heavy atom. The number of carbonyl (C=O) groups is 1. The van der Waals surface area contributed by atoms with E-state index in [1.165, 1.54) is 5.56 Å². The number of nitrogens with one attached hydrogen (secondary N) is 1. The number of carbonyl (C=O) groups excluding carboxylic acids is 1. The quantitative estimate of drug-likeness (QED) is 0.807. The first-order valence-corrected chi connectivity index (χ1v) is 9.60. The van der Waals surface area contributed by atoms with E-state index in [1.807, 2.05) is 12.3 Å². The summed E-state index contributed by atoms with van der Waals surface area (Å²) in [6, 6.07) is 10.2. The predicted molar refractivity (Wildman–Crippen MR) is 105 cm³/mol. The van der Waals surface area contributed by atoms with Crippen LogP contribution >= 0.6 is 0 Å². The zero-order chi connectivity index (χ0) is 18.4. The van der Waals surface area contributed by atoms with Crippen molar-refractivity contribution < 1.29 is 4.79 Å². The second kappa shape index (κ2) is 8.79. The van der Waals surface area contributed by atoms with Gasteiger partial charge in [0.25, 0.3) is 0 Å². The van der Waals surface area contributed by atoms with Crippen LogP contribution in [0.1, 0.15) is 38.2 Å². The number of hydrogen-bond donors (Lipinski definition) is 1. The van der Waals surface area contributed by atoms with Gasteiger partial charge in [-0.3, -0.25) is 4.79 Å². The molecule has 1 N–H and O–H groups in total. The number of unbranched alkanes of at least 4 members (excludes halogenated alkanes) is 1. The summed E-state index contributed by atoms with van der Waals surface area (Å²) in [5.74, 6) is 2.03. The maximum absolute atomic E-state index is 12.2. The Morgan fingerprint density at radius 2 is 1.92 bits per heavy atom. The molecule has 0 aliphatic carbocycles. The molecule has 0 bridgehead atoms. The molecule has 2 aromatic rings. The third kappa shape index (κ3) is 4.59. The Bertz CT molecular complexity index is 721. The topological polar surface area (TPSA) is 58.1 Å². The van der Waals surface area contributed by atoms with Gasteiger partial charge in [0.15, 0.2) is 5.82 Å². The van der Waals surface area contributed by atoms with E-state index in [0.29, 0.717) is 0 Å². The van der Waals surface area contributed by atoms with Crippen molar-refractivity contribution in [2.75, 3.05) is 24.5 Å². The summed E-state index contributed by atoms with van der Waals surface area (Å²) >= 11 is 0. The molecule has 3 rings (SSSR count). The predicted octanol–water partition coefficient (Wildman–Crippen LogP) is 3.58. The minimum Gasteiger partial charge on any atom is -0.356 e. The fourth-order valence-electron chi connectivity index (χ4n) is 3.27. The van der Waals surface area contributed by atoms with Crippen LogP contribution in [0.3, 0.4) is 0 Å². The van der Waals surface area contributed by atoms with Crippen molar-refractivity contribution in [1.29, 1.82) is 0 Å². The summed E-state index contributed by atoms with van der Waals surface area (Å²) in [6.45, 7) is 6.72.